The molecule has 0 amide bonds. The zero-order valence-corrected chi connectivity index (χ0v) is 33.0. The van der Waals surface area contributed by atoms with Gasteiger partial charge < -0.3 is 13.9 Å². The Bertz CT molecular complexity index is 2960. The highest BCUT2D eigenvalue weighted by Crippen LogP contribution is 2.45. The molecule has 9 aromatic rings. The zero-order chi connectivity index (χ0) is 38.8. The first kappa shape index (κ1) is 34.7. The van der Waals surface area contributed by atoms with Crippen LogP contribution in [0.15, 0.2) is 157 Å². The van der Waals surface area contributed by atoms with Crippen molar-refractivity contribution < 1.29 is 4.74 Å². The number of hydrogen-bond acceptors (Lipinski definition) is 3. The van der Waals surface area contributed by atoms with Crippen LogP contribution in [-0.2, 0) is 0 Å². The monoisotopic (exact) mass is 740 g/mol. The normalized spacial score (nSPS) is 14.1. The Hall–Kier alpha value is -6.72. The van der Waals surface area contributed by atoms with Crippen LogP contribution >= 0.6 is 0 Å². The number of hydrogen-bond donors (Lipinski definition) is 0. The number of aromatic nitrogens is 3. The molecule has 3 aromatic heterocycles. The van der Waals surface area contributed by atoms with Crippen molar-refractivity contribution in [2.75, 3.05) is 0 Å². The van der Waals surface area contributed by atoms with Crippen LogP contribution in [0.4, 0.5) is 5.69 Å². The molecule has 1 unspecified atom stereocenters. The molecule has 0 bridgehead atoms. The molecule has 0 fully saturated rings. The third kappa shape index (κ3) is 6.02. The second-order valence-electron chi connectivity index (χ2n) is 16.3. The summed E-state index contributed by atoms with van der Waals surface area (Å²) in [6.45, 7) is 10.8. The molecule has 278 valence electrons. The average Bonchev–Trinajstić information content (AvgIpc) is 3.75. The lowest BCUT2D eigenvalue weighted by molar-refractivity contribution is 0.132. The second kappa shape index (κ2) is 13.5. The molecular formula is C52H44N4O. The van der Waals surface area contributed by atoms with Crippen molar-refractivity contribution in [1.29, 1.82) is 0 Å². The van der Waals surface area contributed by atoms with E-state index in [1.807, 2.05) is 12.3 Å². The summed E-state index contributed by atoms with van der Waals surface area (Å²) in [5, 5.41) is 2.31. The molecule has 6 aromatic carbocycles. The molecule has 10 rings (SSSR count). The Labute approximate surface area is 333 Å². The first-order valence-electron chi connectivity index (χ1n) is 19.9. The minimum Gasteiger partial charge on any atom is -0.487 e. The number of nitrogens with zero attached hydrogens (tertiary/aromatic N) is 4. The van der Waals surface area contributed by atoms with Gasteiger partial charge in [0.05, 0.1) is 33.4 Å². The first-order valence-corrected chi connectivity index (χ1v) is 19.9. The number of para-hydroxylation sites is 2. The molecule has 0 spiro atoms. The molecule has 5 nitrogen and oxygen atoms in total. The van der Waals surface area contributed by atoms with E-state index in [0.29, 0.717) is 5.92 Å². The molecule has 0 aliphatic carbocycles. The number of ether oxygens (including phenoxy) is 1. The van der Waals surface area contributed by atoms with E-state index in [2.05, 4.69) is 189 Å². The smallest absolute Gasteiger partial charge is 0.135 e. The highest BCUT2D eigenvalue weighted by atomic mass is 16.5. The van der Waals surface area contributed by atoms with Crippen LogP contribution in [0.2, 0.25) is 0 Å². The van der Waals surface area contributed by atoms with Gasteiger partial charge in [0.1, 0.15) is 11.4 Å². The summed E-state index contributed by atoms with van der Waals surface area (Å²) < 4.78 is 11.6. The Morgan fingerprint density at radius 1 is 0.596 bits per heavy atom. The molecular weight excluding hydrogens is 697 g/mol. The minimum atomic E-state index is -0.378. The van der Waals surface area contributed by atoms with Crippen molar-refractivity contribution in [3.63, 3.8) is 0 Å². The Morgan fingerprint density at radius 2 is 1.19 bits per heavy atom. The fourth-order valence-corrected chi connectivity index (χ4v) is 8.68. The van der Waals surface area contributed by atoms with Crippen molar-refractivity contribution in [3.8, 4) is 50.5 Å². The van der Waals surface area contributed by atoms with Gasteiger partial charge in [-0.1, -0.05) is 97.9 Å². The van der Waals surface area contributed by atoms with Crippen LogP contribution in [0.25, 0.3) is 77.6 Å². The second-order valence-corrected chi connectivity index (χ2v) is 16.3. The zero-order valence-electron chi connectivity index (χ0n) is 33.0. The number of aryl methyl sites for hydroxylation is 1. The molecule has 0 N–H and O–H groups in total. The fraction of sp³-hybridized carbons (Fsp3) is 0.154. The van der Waals surface area contributed by atoms with Crippen molar-refractivity contribution >= 4 is 44.7 Å². The highest BCUT2D eigenvalue weighted by Gasteiger charge is 2.26. The average molecular weight is 741 g/mol. The molecule has 1 aliphatic heterocycles. The minimum absolute atomic E-state index is 0.313. The van der Waals surface area contributed by atoms with Crippen LogP contribution in [0.5, 0.6) is 5.75 Å². The molecule has 5 heteroatoms. The lowest BCUT2D eigenvalue weighted by atomic mass is 9.93. The van der Waals surface area contributed by atoms with Crippen molar-refractivity contribution in [2.24, 2.45) is 4.99 Å². The molecule has 57 heavy (non-hydrogen) atoms. The molecule has 0 radical (unpaired) electrons. The van der Waals surface area contributed by atoms with Crippen LogP contribution < -0.4 is 4.74 Å². The number of fused-ring (bicyclic) bond motifs is 6. The quantitative estimate of drug-likeness (QED) is 0.170. The third-order valence-corrected chi connectivity index (χ3v) is 11.1. The van der Waals surface area contributed by atoms with Crippen molar-refractivity contribution in [3.05, 3.63) is 163 Å². The maximum Gasteiger partial charge on any atom is 0.135 e. The van der Waals surface area contributed by atoms with Gasteiger partial charge in [-0.15, -0.1) is 0 Å². The number of aliphatic imine (C=N–C) groups is 1. The van der Waals surface area contributed by atoms with Crippen LogP contribution in [0.3, 0.4) is 0 Å². The summed E-state index contributed by atoms with van der Waals surface area (Å²) in [7, 11) is 0. The SMILES string of the molecule is Cc1cc(-c2ccccc2)c(OC(C)(C)C)c(-c2ccc(-c3cc(-n4c5c(c6ccccc64)N=CCC5C)cc(-n4c5ccccc5c5ncccc54)c3)cc2)c1. The van der Waals surface area contributed by atoms with Gasteiger partial charge in [-0.3, -0.25) is 9.98 Å². The Kier molecular flexibility index (Phi) is 8.22. The van der Waals surface area contributed by atoms with Gasteiger partial charge in [0.2, 0.25) is 0 Å². The van der Waals surface area contributed by atoms with E-state index in [1.165, 1.54) is 16.6 Å². The molecule has 0 saturated heterocycles. The maximum atomic E-state index is 6.80. The summed E-state index contributed by atoms with van der Waals surface area (Å²) in [4.78, 5) is 9.85. The molecule has 4 heterocycles. The van der Waals surface area contributed by atoms with E-state index >= 15 is 0 Å². The predicted molar refractivity (Wildman–Crippen MR) is 238 cm³/mol. The summed E-state index contributed by atoms with van der Waals surface area (Å²) in [6, 6.07) is 52.5. The third-order valence-electron chi connectivity index (χ3n) is 11.1. The van der Waals surface area contributed by atoms with Gasteiger partial charge in [0.15, 0.2) is 0 Å². The summed E-state index contributed by atoms with van der Waals surface area (Å²) in [5.74, 6) is 1.21. The van der Waals surface area contributed by atoms with Gasteiger partial charge in [-0.05, 0) is 117 Å². The van der Waals surface area contributed by atoms with Gasteiger partial charge in [0, 0.05) is 51.6 Å². The van der Waals surface area contributed by atoms with E-state index in [1.54, 1.807) is 0 Å². The van der Waals surface area contributed by atoms with Gasteiger partial charge in [-0.25, -0.2) is 0 Å². The van der Waals surface area contributed by atoms with E-state index in [4.69, 9.17) is 14.7 Å². The molecule has 1 aliphatic rings. The van der Waals surface area contributed by atoms with E-state index < -0.39 is 0 Å². The fourth-order valence-electron chi connectivity index (χ4n) is 8.68. The highest BCUT2D eigenvalue weighted by molar-refractivity contribution is 6.07. The number of pyridine rings is 1. The van der Waals surface area contributed by atoms with Crippen molar-refractivity contribution in [2.45, 2.75) is 52.6 Å². The first-order chi connectivity index (χ1) is 27.7. The number of rotatable bonds is 6. The van der Waals surface area contributed by atoms with Crippen molar-refractivity contribution in [1.82, 2.24) is 14.1 Å². The van der Waals surface area contributed by atoms with Gasteiger partial charge in [-0.2, -0.15) is 0 Å². The van der Waals surface area contributed by atoms with Crippen LogP contribution in [0.1, 0.15) is 51.3 Å². The van der Waals surface area contributed by atoms with Gasteiger partial charge in [0.25, 0.3) is 0 Å². The largest absolute Gasteiger partial charge is 0.487 e. The topological polar surface area (TPSA) is 44.3 Å². The van der Waals surface area contributed by atoms with Crippen LogP contribution in [0, 0.1) is 6.92 Å². The number of benzene rings is 6. The molecule has 0 saturated carbocycles. The predicted octanol–water partition coefficient (Wildman–Crippen LogP) is 13.8. The maximum absolute atomic E-state index is 6.80. The molecule has 1 atom stereocenters. The van der Waals surface area contributed by atoms with E-state index in [-0.39, 0.29) is 5.60 Å². The lowest BCUT2D eigenvalue weighted by Crippen LogP contribution is -2.23. The summed E-state index contributed by atoms with van der Waals surface area (Å²) in [5.41, 5.74) is 16.4. The standard InChI is InChI=1S/C52H44N4O/c1-33-28-43(36-14-7-6-8-15-36)51(57-52(3,4)5)44(29-33)37-23-21-35(22-24-37)38-30-39(55-45-18-11-9-16-41(45)48-47(55)20-13-26-53-48)32-40(31-38)56-46-19-12-10-17-42(46)49-50(56)34(2)25-27-54-49/h6-24,26-32,34H,25H2,1-5H3. The Balaban J connectivity index is 1.19. The summed E-state index contributed by atoms with van der Waals surface area (Å²) >= 11 is 0. The lowest BCUT2D eigenvalue weighted by Gasteiger charge is -2.26. The van der Waals surface area contributed by atoms with E-state index in [0.717, 1.165) is 90.1 Å². The Morgan fingerprint density at radius 3 is 1.91 bits per heavy atom. The summed E-state index contributed by atoms with van der Waals surface area (Å²) in [6.07, 6.45) is 4.87. The van der Waals surface area contributed by atoms with Gasteiger partial charge >= 0.3 is 0 Å². The van der Waals surface area contributed by atoms with Crippen LogP contribution in [-0.4, -0.2) is 25.9 Å². The van der Waals surface area contributed by atoms with E-state index in [9.17, 15) is 0 Å².